The molecule has 17 heavy (non-hydrogen) atoms. The van der Waals surface area contributed by atoms with Gasteiger partial charge in [-0.2, -0.15) is 13.2 Å². The first-order valence-corrected chi connectivity index (χ1v) is 6.73. The minimum absolute atomic E-state index is 0.0989. The normalized spacial score (nSPS) is 50.1. The highest BCUT2D eigenvalue weighted by atomic mass is 19.4. The summed E-state index contributed by atoms with van der Waals surface area (Å²) in [5.74, 6) is -0.635. The first-order chi connectivity index (χ1) is 7.94. The van der Waals surface area contributed by atoms with Crippen LogP contribution in [-0.2, 0) is 0 Å². The summed E-state index contributed by atoms with van der Waals surface area (Å²) < 4.78 is 38.2. The molecule has 0 aromatic heterocycles. The molecule has 4 heteroatoms. The fourth-order valence-electron chi connectivity index (χ4n) is 4.48. The molecule has 4 atom stereocenters. The Labute approximate surface area is 99.4 Å². The lowest BCUT2D eigenvalue weighted by atomic mass is 9.75. The van der Waals surface area contributed by atoms with E-state index >= 15 is 0 Å². The van der Waals surface area contributed by atoms with Crippen LogP contribution >= 0.6 is 0 Å². The minimum Gasteiger partial charge on any atom is -0.389 e. The molecule has 3 aliphatic rings. The maximum Gasteiger partial charge on any atom is 0.391 e. The van der Waals surface area contributed by atoms with E-state index in [0.717, 1.165) is 25.7 Å². The second-order valence-electron chi connectivity index (χ2n) is 6.13. The van der Waals surface area contributed by atoms with Crippen LogP contribution in [0.2, 0.25) is 0 Å². The van der Waals surface area contributed by atoms with E-state index in [1.165, 1.54) is 0 Å². The highest BCUT2D eigenvalue weighted by Crippen LogP contribution is 2.66. The van der Waals surface area contributed by atoms with Crippen LogP contribution in [0.25, 0.3) is 0 Å². The highest BCUT2D eigenvalue weighted by Gasteiger charge is 2.69. The number of alkyl halides is 3. The Balaban J connectivity index is 1.69. The van der Waals surface area contributed by atoms with Crippen molar-refractivity contribution in [3.63, 3.8) is 0 Å². The molecule has 0 spiro atoms. The van der Waals surface area contributed by atoms with Crippen LogP contribution in [0.3, 0.4) is 0 Å². The van der Waals surface area contributed by atoms with E-state index in [4.69, 9.17) is 0 Å². The first kappa shape index (κ1) is 11.8. The van der Waals surface area contributed by atoms with E-state index < -0.39 is 17.7 Å². The van der Waals surface area contributed by atoms with Gasteiger partial charge in [0.2, 0.25) is 0 Å². The predicted molar refractivity (Wildman–Crippen MR) is 57.3 cm³/mol. The van der Waals surface area contributed by atoms with Gasteiger partial charge in [-0.05, 0) is 49.9 Å². The molecular weight excluding hydrogens is 229 g/mol. The van der Waals surface area contributed by atoms with Crippen molar-refractivity contribution in [3.05, 3.63) is 0 Å². The van der Waals surface area contributed by atoms with Crippen LogP contribution in [0.15, 0.2) is 0 Å². The van der Waals surface area contributed by atoms with Crippen LogP contribution in [0, 0.1) is 23.7 Å². The molecule has 3 rings (SSSR count). The predicted octanol–water partition coefficient (Wildman–Crippen LogP) is 3.52. The van der Waals surface area contributed by atoms with Crippen molar-refractivity contribution in [2.75, 3.05) is 0 Å². The van der Waals surface area contributed by atoms with Crippen molar-refractivity contribution in [2.45, 2.75) is 56.7 Å². The molecule has 0 heterocycles. The zero-order valence-corrected chi connectivity index (χ0v) is 9.84. The number of hydrogen-bond acceptors (Lipinski definition) is 1. The monoisotopic (exact) mass is 248 g/mol. The van der Waals surface area contributed by atoms with Crippen LogP contribution in [0.5, 0.6) is 0 Å². The van der Waals surface area contributed by atoms with Crippen molar-refractivity contribution in [1.82, 2.24) is 0 Å². The van der Waals surface area contributed by atoms with E-state index in [1.807, 2.05) is 0 Å². The molecule has 3 aliphatic carbocycles. The maximum absolute atomic E-state index is 12.7. The Hall–Kier alpha value is -0.250. The third-order valence-electron chi connectivity index (χ3n) is 5.39. The Morgan fingerprint density at radius 3 is 2.12 bits per heavy atom. The number of halogens is 3. The van der Waals surface area contributed by atoms with Crippen LogP contribution < -0.4 is 0 Å². The van der Waals surface area contributed by atoms with Crippen molar-refractivity contribution in [1.29, 1.82) is 0 Å². The van der Waals surface area contributed by atoms with Crippen molar-refractivity contribution in [3.8, 4) is 0 Å². The Morgan fingerprint density at radius 2 is 1.53 bits per heavy atom. The second-order valence-corrected chi connectivity index (χ2v) is 6.13. The van der Waals surface area contributed by atoms with Gasteiger partial charge in [0.15, 0.2) is 0 Å². The minimum atomic E-state index is -4.07. The van der Waals surface area contributed by atoms with Gasteiger partial charge in [0.1, 0.15) is 0 Å². The van der Waals surface area contributed by atoms with Gasteiger partial charge in [0, 0.05) is 0 Å². The average Bonchev–Trinajstić information content (AvgIpc) is 2.67. The molecule has 3 saturated carbocycles. The quantitative estimate of drug-likeness (QED) is 0.752. The summed E-state index contributed by atoms with van der Waals surface area (Å²) >= 11 is 0. The Morgan fingerprint density at radius 1 is 0.941 bits per heavy atom. The summed E-state index contributed by atoms with van der Waals surface area (Å²) in [4.78, 5) is 0. The Kier molecular flexibility index (Phi) is 2.52. The van der Waals surface area contributed by atoms with Gasteiger partial charge in [-0.25, -0.2) is 0 Å². The van der Waals surface area contributed by atoms with E-state index in [1.54, 1.807) is 0 Å². The topological polar surface area (TPSA) is 20.2 Å². The zero-order chi connectivity index (χ0) is 12.3. The summed E-state index contributed by atoms with van der Waals surface area (Å²) in [6.45, 7) is 0. The van der Waals surface area contributed by atoms with Crippen LogP contribution in [0.4, 0.5) is 13.2 Å². The SMILES string of the molecule is OC1(C2CCCC(C(F)(F)F)C2)C2CCCC21. The summed E-state index contributed by atoms with van der Waals surface area (Å²) in [5.41, 5.74) is -0.720. The van der Waals surface area contributed by atoms with E-state index in [0.29, 0.717) is 18.3 Å². The molecule has 98 valence electrons. The summed E-state index contributed by atoms with van der Waals surface area (Å²) in [5, 5.41) is 10.5. The third-order valence-corrected chi connectivity index (χ3v) is 5.39. The van der Waals surface area contributed by atoms with Crippen LogP contribution in [0.1, 0.15) is 44.9 Å². The third kappa shape index (κ3) is 1.71. The number of rotatable bonds is 1. The number of aliphatic hydroxyl groups is 1. The second kappa shape index (κ2) is 3.62. The fraction of sp³-hybridized carbons (Fsp3) is 1.00. The fourth-order valence-corrected chi connectivity index (χ4v) is 4.48. The molecule has 0 amide bonds. The number of hydrogen-bond donors (Lipinski definition) is 1. The average molecular weight is 248 g/mol. The van der Waals surface area contributed by atoms with Crippen molar-refractivity contribution in [2.24, 2.45) is 23.7 Å². The van der Waals surface area contributed by atoms with Gasteiger partial charge in [-0.15, -0.1) is 0 Å². The van der Waals surface area contributed by atoms with Crippen molar-refractivity contribution >= 4 is 0 Å². The molecular formula is C13H19F3O. The van der Waals surface area contributed by atoms with E-state index in [9.17, 15) is 18.3 Å². The lowest BCUT2D eigenvalue weighted by molar-refractivity contribution is -0.190. The van der Waals surface area contributed by atoms with Gasteiger partial charge >= 0.3 is 6.18 Å². The lowest BCUT2D eigenvalue weighted by Crippen LogP contribution is -2.36. The molecule has 1 nitrogen and oxygen atoms in total. The molecule has 1 N–H and O–H groups in total. The summed E-state index contributed by atoms with van der Waals surface area (Å²) in [6.07, 6.45) is 0.944. The largest absolute Gasteiger partial charge is 0.391 e. The summed E-state index contributed by atoms with van der Waals surface area (Å²) in [7, 11) is 0. The molecule has 3 fully saturated rings. The maximum atomic E-state index is 12.7. The zero-order valence-electron chi connectivity index (χ0n) is 9.84. The van der Waals surface area contributed by atoms with Crippen molar-refractivity contribution < 1.29 is 18.3 Å². The molecule has 0 saturated heterocycles. The molecule has 0 aromatic rings. The molecule has 0 radical (unpaired) electrons. The van der Waals surface area contributed by atoms with Gasteiger partial charge in [-0.3, -0.25) is 0 Å². The van der Waals surface area contributed by atoms with Gasteiger partial charge in [0.05, 0.1) is 11.5 Å². The standard InChI is InChI=1S/C13H19F3O/c14-13(15,16)9-4-1-3-8(7-9)12(17)10-5-2-6-11(10)12/h8-11,17H,1-7H2. The highest BCUT2D eigenvalue weighted by molar-refractivity contribution is 5.18. The first-order valence-electron chi connectivity index (χ1n) is 6.73. The Bertz CT molecular complexity index is 302. The van der Waals surface area contributed by atoms with Gasteiger partial charge in [0.25, 0.3) is 0 Å². The summed E-state index contributed by atoms with van der Waals surface area (Å²) in [6, 6.07) is 0. The van der Waals surface area contributed by atoms with Gasteiger partial charge in [-0.1, -0.05) is 12.8 Å². The van der Waals surface area contributed by atoms with Gasteiger partial charge < -0.3 is 5.11 Å². The smallest absolute Gasteiger partial charge is 0.389 e. The molecule has 0 bridgehead atoms. The molecule has 0 aliphatic heterocycles. The van der Waals surface area contributed by atoms with E-state index in [2.05, 4.69) is 0 Å². The number of fused-ring (bicyclic) bond motifs is 1. The lowest BCUT2D eigenvalue weighted by Gasteiger charge is -2.35. The van der Waals surface area contributed by atoms with Crippen LogP contribution in [-0.4, -0.2) is 16.9 Å². The molecule has 4 unspecified atom stereocenters. The van der Waals surface area contributed by atoms with E-state index in [-0.39, 0.29) is 18.8 Å². The molecule has 0 aromatic carbocycles.